The summed E-state index contributed by atoms with van der Waals surface area (Å²) in [6.45, 7) is 4.00. The van der Waals surface area contributed by atoms with Gasteiger partial charge in [0.1, 0.15) is 0 Å². The molecule has 1 N–H and O–H groups in total. The molecule has 2 aromatic rings. The van der Waals surface area contributed by atoms with Crippen LogP contribution in [-0.4, -0.2) is 35.0 Å². The highest BCUT2D eigenvalue weighted by molar-refractivity contribution is 6.13. The number of aliphatic imine (C=N–C) groups is 1. The van der Waals surface area contributed by atoms with Crippen molar-refractivity contribution in [3.05, 3.63) is 71.8 Å². The van der Waals surface area contributed by atoms with Gasteiger partial charge < -0.3 is 9.84 Å². The molecule has 3 atom stereocenters. The van der Waals surface area contributed by atoms with Crippen molar-refractivity contribution in [2.75, 3.05) is 0 Å². The van der Waals surface area contributed by atoms with E-state index in [1.165, 1.54) is 0 Å². The number of ether oxygens (including phenoxy) is 1. The number of hydrogen-bond donors (Lipinski definition) is 1. The molecule has 136 valence electrons. The topological polar surface area (TPSA) is 58.9 Å². The molecular weight excluding hydrogens is 326 g/mol. The predicted molar refractivity (Wildman–Crippen MR) is 103 cm³/mol. The molecule has 1 saturated heterocycles. The molecule has 26 heavy (non-hydrogen) atoms. The highest BCUT2D eigenvalue weighted by atomic mass is 16.5. The van der Waals surface area contributed by atoms with Crippen LogP contribution in [0.25, 0.3) is 0 Å². The number of hydrogen-bond acceptors (Lipinski definition) is 3. The third kappa shape index (κ3) is 4.38. The van der Waals surface area contributed by atoms with E-state index >= 15 is 0 Å². The molecule has 3 rings (SSSR count). The molecule has 4 heteroatoms. The number of rotatable bonds is 5. The maximum Gasteiger partial charge on any atom is 0.328 e. The fourth-order valence-electron chi connectivity index (χ4n) is 3.72. The third-order valence-corrected chi connectivity index (χ3v) is 4.80. The van der Waals surface area contributed by atoms with Gasteiger partial charge in [-0.15, -0.1) is 0 Å². The number of carboxylic acids is 1. The molecule has 0 amide bonds. The number of aliphatic carboxylic acids is 1. The van der Waals surface area contributed by atoms with Crippen LogP contribution >= 0.6 is 0 Å². The molecule has 0 radical (unpaired) electrons. The fraction of sp³-hybridized carbons (Fsp3) is 0.364. The molecule has 1 heterocycles. The Morgan fingerprint density at radius 2 is 1.42 bits per heavy atom. The smallest absolute Gasteiger partial charge is 0.328 e. The Morgan fingerprint density at radius 1 is 0.962 bits per heavy atom. The zero-order valence-corrected chi connectivity index (χ0v) is 15.2. The van der Waals surface area contributed by atoms with Gasteiger partial charge in [-0.05, 0) is 32.6 Å². The van der Waals surface area contributed by atoms with Crippen molar-refractivity contribution in [3.8, 4) is 0 Å². The van der Waals surface area contributed by atoms with E-state index in [1.807, 2.05) is 74.5 Å². The number of nitrogens with zero attached hydrogens (tertiary/aromatic N) is 1. The van der Waals surface area contributed by atoms with Crippen LogP contribution in [0.15, 0.2) is 65.7 Å². The van der Waals surface area contributed by atoms with Crippen LogP contribution in [0.1, 0.15) is 37.8 Å². The molecule has 4 nitrogen and oxygen atoms in total. The SMILES string of the molecule is C[C@@H]1CC([C@@H](N=C(c2ccccc2)c2ccccc2)C(=O)O)C[C@@H](C)O1. The number of benzene rings is 2. The Bertz CT molecular complexity index is 706. The van der Waals surface area contributed by atoms with Crippen molar-refractivity contribution in [2.45, 2.75) is 44.9 Å². The average Bonchev–Trinajstić information content (AvgIpc) is 2.63. The summed E-state index contributed by atoms with van der Waals surface area (Å²) in [7, 11) is 0. The standard InChI is InChI=1S/C22H25NO3/c1-15-13-19(14-16(2)26-15)21(22(24)25)23-20(17-9-5-3-6-10-17)18-11-7-4-8-12-18/h3-12,15-16,19,21H,13-14H2,1-2H3,(H,24,25)/t15-,16-,21-/m1/s1. The first-order valence-electron chi connectivity index (χ1n) is 9.11. The van der Waals surface area contributed by atoms with Gasteiger partial charge in [0, 0.05) is 11.1 Å². The van der Waals surface area contributed by atoms with Crippen molar-refractivity contribution < 1.29 is 14.6 Å². The normalized spacial score (nSPS) is 23.8. The monoisotopic (exact) mass is 351 g/mol. The van der Waals surface area contributed by atoms with Crippen molar-refractivity contribution in [1.29, 1.82) is 0 Å². The molecule has 0 aliphatic carbocycles. The Morgan fingerprint density at radius 3 is 1.85 bits per heavy atom. The summed E-state index contributed by atoms with van der Waals surface area (Å²) in [6.07, 6.45) is 1.53. The Balaban J connectivity index is 2.02. The molecule has 0 bridgehead atoms. The van der Waals surface area contributed by atoms with Crippen LogP contribution in [0.2, 0.25) is 0 Å². The first-order valence-corrected chi connectivity index (χ1v) is 9.11. The Kier molecular flexibility index (Phi) is 5.84. The lowest BCUT2D eigenvalue weighted by Gasteiger charge is -2.34. The van der Waals surface area contributed by atoms with Gasteiger partial charge in [-0.2, -0.15) is 0 Å². The molecule has 1 aliphatic rings. The zero-order chi connectivity index (χ0) is 18.5. The Labute approximate surface area is 154 Å². The first-order chi connectivity index (χ1) is 12.5. The van der Waals surface area contributed by atoms with Crippen molar-refractivity contribution in [1.82, 2.24) is 0 Å². The highest BCUT2D eigenvalue weighted by Gasteiger charge is 2.35. The second-order valence-corrected chi connectivity index (χ2v) is 6.98. The summed E-state index contributed by atoms with van der Waals surface area (Å²) in [5, 5.41) is 9.89. The van der Waals surface area contributed by atoms with Crippen LogP contribution < -0.4 is 0 Å². The molecule has 0 spiro atoms. The van der Waals surface area contributed by atoms with Gasteiger partial charge >= 0.3 is 5.97 Å². The minimum atomic E-state index is -0.874. The molecule has 0 aromatic heterocycles. The van der Waals surface area contributed by atoms with Gasteiger partial charge in [-0.25, -0.2) is 4.79 Å². The van der Waals surface area contributed by atoms with E-state index in [4.69, 9.17) is 9.73 Å². The fourth-order valence-corrected chi connectivity index (χ4v) is 3.72. The van der Waals surface area contributed by atoms with Gasteiger partial charge in [-0.3, -0.25) is 4.99 Å². The lowest BCUT2D eigenvalue weighted by atomic mass is 9.86. The number of carboxylic acid groups (broad SMARTS) is 1. The van der Waals surface area contributed by atoms with E-state index in [1.54, 1.807) is 0 Å². The quantitative estimate of drug-likeness (QED) is 0.822. The van der Waals surface area contributed by atoms with E-state index in [-0.39, 0.29) is 18.1 Å². The van der Waals surface area contributed by atoms with Gasteiger partial charge in [0.2, 0.25) is 0 Å². The van der Waals surface area contributed by atoms with Crippen LogP contribution in [0.5, 0.6) is 0 Å². The van der Waals surface area contributed by atoms with Crippen LogP contribution in [0.4, 0.5) is 0 Å². The van der Waals surface area contributed by atoms with Gasteiger partial charge in [0.25, 0.3) is 0 Å². The number of carbonyl (C=O) groups is 1. The summed E-state index contributed by atoms with van der Waals surface area (Å²) in [4.78, 5) is 16.8. The maximum atomic E-state index is 12.1. The van der Waals surface area contributed by atoms with Crippen LogP contribution in [0, 0.1) is 5.92 Å². The molecule has 1 fully saturated rings. The van der Waals surface area contributed by atoms with Crippen molar-refractivity contribution in [2.24, 2.45) is 10.9 Å². The van der Waals surface area contributed by atoms with E-state index in [2.05, 4.69) is 0 Å². The summed E-state index contributed by atoms with van der Waals surface area (Å²) >= 11 is 0. The van der Waals surface area contributed by atoms with Gasteiger partial charge in [-0.1, -0.05) is 60.7 Å². The third-order valence-electron chi connectivity index (χ3n) is 4.80. The zero-order valence-electron chi connectivity index (χ0n) is 15.2. The van der Waals surface area contributed by atoms with E-state index < -0.39 is 12.0 Å². The summed E-state index contributed by atoms with van der Waals surface area (Å²) in [6, 6.07) is 18.8. The summed E-state index contributed by atoms with van der Waals surface area (Å²) < 4.78 is 5.78. The van der Waals surface area contributed by atoms with Crippen molar-refractivity contribution in [3.63, 3.8) is 0 Å². The van der Waals surface area contributed by atoms with E-state index in [0.29, 0.717) is 12.8 Å². The lowest BCUT2D eigenvalue weighted by Crippen LogP contribution is -2.39. The van der Waals surface area contributed by atoms with Crippen LogP contribution in [-0.2, 0) is 9.53 Å². The minimum Gasteiger partial charge on any atom is -0.480 e. The molecule has 2 aromatic carbocycles. The van der Waals surface area contributed by atoms with Gasteiger partial charge in [0.05, 0.1) is 17.9 Å². The molecule has 0 saturated carbocycles. The summed E-state index contributed by atoms with van der Waals surface area (Å²) in [5.41, 5.74) is 2.58. The largest absolute Gasteiger partial charge is 0.480 e. The minimum absolute atomic E-state index is 0.0336. The van der Waals surface area contributed by atoms with Gasteiger partial charge in [0.15, 0.2) is 6.04 Å². The highest BCUT2D eigenvalue weighted by Crippen LogP contribution is 2.30. The molecular formula is C22H25NO3. The molecule has 0 unspecified atom stereocenters. The Hall–Kier alpha value is -2.46. The predicted octanol–water partition coefficient (Wildman–Crippen LogP) is 4.18. The second-order valence-electron chi connectivity index (χ2n) is 6.98. The van der Waals surface area contributed by atoms with Crippen LogP contribution in [0.3, 0.4) is 0 Å². The average molecular weight is 351 g/mol. The maximum absolute atomic E-state index is 12.1. The summed E-state index contributed by atoms with van der Waals surface area (Å²) in [5.74, 6) is -0.908. The first kappa shape index (κ1) is 18.3. The van der Waals surface area contributed by atoms with E-state index in [9.17, 15) is 9.90 Å². The van der Waals surface area contributed by atoms with Crippen molar-refractivity contribution >= 4 is 11.7 Å². The van der Waals surface area contributed by atoms with E-state index in [0.717, 1.165) is 16.8 Å². The molecule has 1 aliphatic heterocycles. The lowest BCUT2D eigenvalue weighted by molar-refractivity contribution is -0.142. The second kappa shape index (κ2) is 8.28.